The number of hydrogen-bond acceptors (Lipinski definition) is 5. The van der Waals surface area contributed by atoms with Crippen LogP contribution in [0.25, 0.3) is 10.6 Å². The number of carbonyl (C=O) groups is 2. The van der Waals surface area contributed by atoms with Gasteiger partial charge in [-0.15, -0.1) is 11.3 Å². The molecule has 0 unspecified atom stereocenters. The molecule has 1 aromatic carbocycles. The molecule has 2 amide bonds. The molecular weight excluding hydrogens is 314 g/mol. The molecule has 2 N–H and O–H groups in total. The van der Waals surface area contributed by atoms with E-state index in [1.165, 1.54) is 18.3 Å². The van der Waals surface area contributed by atoms with Crippen molar-refractivity contribution in [3.8, 4) is 10.6 Å². The van der Waals surface area contributed by atoms with Gasteiger partial charge in [0.2, 0.25) is 5.91 Å². The number of benzene rings is 1. The fourth-order valence-corrected chi connectivity index (χ4v) is 2.81. The maximum atomic E-state index is 11.2. The van der Waals surface area contributed by atoms with Gasteiger partial charge in [-0.2, -0.15) is 0 Å². The number of nitrogens with zero attached hydrogens (tertiary/aromatic N) is 1. The molecule has 7 heteroatoms. The molecular formula is C16H19N3O3S. The van der Waals surface area contributed by atoms with Crippen LogP contribution >= 0.6 is 11.3 Å². The Balaban J connectivity index is 1.96. The number of anilines is 1. The maximum absolute atomic E-state index is 11.2. The zero-order chi connectivity index (χ0) is 16.7. The van der Waals surface area contributed by atoms with Crippen LogP contribution in [0, 0.1) is 0 Å². The van der Waals surface area contributed by atoms with Crippen molar-refractivity contribution in [1.29, 1.82) is 0 Å². The predicted octanol–water partition coefficient (Wildman–Crippen LogP) is 3.06. The summed E-state index contributed by atoms with van der Waals surface area (Å²) in [6.07, 6.45) is 0.228. The van der Waals surface area contributed by atoms with Gasteiger partial charge in [0.1, 0.15) is 5.01 Å². The van der Waals surface area contributed by atoms with Gasteiger partial charge in [0, 0.05) is 36.5 Å². The van der Waals surface area contributed by atoms with Crippen LogP contribution < -0.4 is 10.6 Å². The fraction of sp³-hybridized carbons (Fsp3) is 0.312. The largest absolute Gasteiger partial charge is 0.450 e. The lowest BCUT2D eigenvalue weighted by molar-refractivity contribution is -0.114. The lowest BCUT2D eigenvalue weighted by atomic mass is 10.2. The van der Waals surface area contributed by atoms with Gasteiger partial charge >= 0.3 is 6.09 Å². The summed E-state index contributed by atoms with van der Waals surface area (Å²) in [6.45, 7) is 4.08. The van der Waals surface area contributed by atoms with Gasteiger partial charge in [-0.05, 0) is 19.1 Å². The monoisotopic (exact) mass is 333 g/mol. The fourth-order valence-electron chi connectivity index (χ4n) is 1.96. The normalized spacial score (nSPS) is 10.2. The molecule has 2 rings (SSSR count). The van der Waals surface area contributed by atoms with Gasteiger partial charge in [-0.3, -0.25) is 4.79 Å². The molecule has 0 spiro atoms. The highest BCUT2D eigenvalue weighted by molar-refractivity contribution is 7.13. The highest BCUT2D eigenvalue weighted by Gasteiger charge is 2.07. The van der Waals surface area contributed by atoms with Gasteiger partial charge in [-0.1, -0.05) is 12.1 Å². The van der Waals surface area contributed by atoms with E-state index >= 15 is 0 Å². The number of ether oxygens (including phenoxy) is 1. The number of rotatable bonds is 6. The maximum Gasteiger partial charge on any atom is 0.407 e. The standard InChI is InChI=1S/C16H19N3O3S/c1-3-22-16(21)17-8-7-14-10-23-15(19-14)12-5-4-6-13(9-12)18-11(2)20/h4-6,9-10H,3,7-8H2,1-2H3,(H,17,21)(H,18,20). The minimum Gasteiger partial charge on any atom is -0.450 e. The van der Waals surface area contributed by atoms with Gasteiger partial charge < -0.3 is 15.4 Å². The number of nitrogens with one attached hydrogen (secondary N) is 2. The van der Waals surface area contributed by atoms with Crippen molar-refractivity contribution >= 4 is 29.0 Å². The van der Waals surface area contributed by atoms with E-state index in [4.69, 9.17) is 4.74 Å². The first-order chi connectivity index (χ1) is 11.1. The summed E-state index contributed by atoms with van der Waals surface area (Å²) in [4.78, 5) is 26.9. The number of thiazole rings is 1. The molecule has 0 bridgehead atoms. The van der Waals surface area contributed by atoms with E-state index in [0.29, 0.717) is 19.6 Å². The molecule has 0 aliphatic heterocycles. The van der Waals surface area contributed by atoms with E-state index in [0.717, 1.165) is 22.0 Å². The van der Waals surface area contributed by atoms with Crippen molar-refractivity contribution in [2.75, 3.05) is 18.5 Å². The zero-order valence-corrected chi connectivity index (χ0v) is 13.9. The van der Waals surface area contributed by atoms with E-state index in [1.807, 2.05) is 29.6 Å². The average Bonchev–Trinajstić information content (AvgIpc) is 2.96. The quantitative estimate of drug-likeness (QED) is 0.851. The van der Waals surface area contributed by atoms with E-state index in [1.54, 1.807) is 6.92 Å². The predicted molar refractivity (Wildman–Crippen MR) is 90.6 cm³/mol. The molecule has 0 atom stereocenters. The van der Waals surface area contributed by atoms with E-state index < -0.39 is 6.09 Å². The van der Waals surface area contributed by atoms with Crippen LogP contribution in [0.15, 0.2) is 29.6 Å². The first-order valence-electron chi connectivity index (χ1n) is 7.31. The number of aromatic nitrogens is 1. The molecule has 6 nitrogen and oxygen atoms in total. The Kier molecular flexibility index (Phi) is 6.10. The van der Waals surface area contributed by atoms with Gasteiger partial charge in [0.25, 0.3) is 0 Å². The molecule has 0 aliphatic rings. The molecule has 0 radical (unpaired) electrons. The number of alkyl carbamates (subject to hydrolysis) is 1. The van der Waals surface area contributed by atoms with Crippen molar-refractivity contribution in [1.82, 2.24) is 10.3 Å². The number of carbonyl (C=O) groups excluding carboxylic acids is 2. The van der Waals surface area contributed by atoms with Crippen molar-refractivity contribution in [2.24, 2.45) is 0 Å². The van der Waals surface area contributed by atoms with E-state index in [9.17, 15) is 9.59 Å². The molecule has 0 fully saturated rings. The second kappa shape index (κ2) is 8.28. The van der Waals surface area contributed by atoms with Crippen molar-refractivity contribution in [2.45, 2.75) is 20.3 Å². The van der Waals surface area contributed by atoms with Crippen LogP contribution in [-0.2, 0) is 16.0 Å². The second-order valence-corrected chi connectivity index (χ2v) is 5.66. The third-order valence-electron chi connectivity index (χ3n) is 2.91. The topological polar surface area (TPSA) is 80.3 Å². The van der Waals surface area contributed by atoms with Gasteiger partial charge in [0.15, 0.2) is 0 Å². The van der Waals surface area contributed by atoms with E-state index in [2.05, 4.69) is 15.6 Å². The molecule has 1 aromatic heterocycles. The summed E-state index contributed by atoms with van der Waals surface area (Å²) in [5.41, 5.74) is 2.60. The van der Waals surface area contributed by atoms with Crippen LogP contribution in [-0.4, -0.2) is 30.1 Å². The summed E-state index contributed by atoms with van der Waals surface area (Å²) in [5.74, 6) is -0.105. The molecule has 1 heterocycles. The lowest BCUT2D eigenvalue weighted by Gasteiger charge is -2.04. The Morgan fingerprint density at radius 2 is 2.17 bits per heavy atom. The summed E-state index contributed by atoms with van der Waals surface area (Å²) >= 11 is 1.53. The van der Waals surface area contributed by atoms with Gasteiger partial charge in [0.05, 0.1) is 12.3 Å². The lowest BCUT2D eigenvalue weighted by Crippen LogP contribution is -2.26. The molecule has 0 aliphatic carbocycles. The molecule has 0 saturated heterocycles. The van der Waals surface area contributed by atoms with Crippen LogP contribution in [0.2, 0.25) is 0 Å². The van der Waals surface area contributed by atoms with Crippen LogP contribution in [0.3, 0.4) is 0 Å². The number of amides is 2. The Bertz CT molecular complexity index is 685. The highest BCUT2D eigenvalue weighted by atomic mass is 32.1. The summed E-state index contributed by atoms with van der Waals surface area (Å²) < 4.78 is 4.80. The summed E-state index contributed by atoms with van der Waals surface area (Å²) in [7, 11) is 0. The third-order valence-corrected chi connectivity index (χ3v) is 3.85. The van der Waals surface area contributed by atoms with E-state index in [-0.39, 0.29) is 5.91 Å². The number of hydrogen-bond donors (Lipinski definition) is 2. The third kappa shape index (κ3) is 5.37. The summed E-state index contributed by atoms with van der Waals surface area (Å²) in [5, 5.41) is 8.27. The minimum atomic E-state index is -0.411. The Morgan fingerprint density at radius 1 is 1.35 bits per heavy atom. The Hall–Kier alpha value is -2.41. The smallest absolute Gasteiger partial charge is 0.407 e. The minimum absolute atomic E-state index is 0.105. The Morgan fingerprint density at radius 3 is 2.91 bits per heavy atom. The second-order valence-electron chi connectivity index (χ2n) is 4.80. The average molecular weight is 333 g/mol. The first kappa shape index (κ1) is 17.0. The Labute approximate surface area is 138 Å². The zero-order valence-electron chi connectivity index (χ0n) is 13.1. The van der Waals surface area contributed by atoms with Crippen LogP contribution in [0.1, 0.15) is 19.5 Å². The SMILES string of the molecule is CCOC(=O)NCCc1csc(-c2cccc(NC(C)=O)c2)n1. The van der Waals surface area contributed by atoms with Crippen molar-refractivity contribution < 1.29 is 14.3 Å². The van der Waals surface area contributed by atoms with Crippen molar-refractivity contribution in [3.05, 3.63) is 35.3 Å². The molecule has 2 aromatic rings. The van der Waals surface area contributed by atoms with Crippen LogP contribution in [0.5, 0.6) is 0 Å². The van der Waals surface area contributed by atoms with Crippen LogP contribution in [0.4, 0.5) is 10.5 Å². The molecule has 122 valence electrons. The highest BCUT2D eigenvalue weighted by Crippen LogP contribution is 2.26. The van der Waals surface area contributed by atoms with Crippen molar-refractivity contribution in [3.63, 3.8) is 0 Å². The molecule has 23 heavy (non-hydrogen) atoms. The summed E-state index contributed by atoms with van der Waals surface area (Å²) in [6, 6.07) is 7.55. The molecule has 0 saturated carbocycles. The first-order valence-corrected chi connectivity index (χ1v) is 8.19. The van der Waals surface area contributed by atoms with Gasteiger partial charge in [-0.25, -0.2) is 9.78 Å².